The van der Waals surface area contributed by atoms with Crippen LogP contribution in [0, 0.1) is 0 Å². The molecule has 5 heteroatoms. The fourth-order valence-corrected chi connectivity index (χ4v) is 2.46. The average Bonchev–Trinajstić information content (AvgIpc) is 2.76. The molecule has 0 atom stereocenters. The summed E-state index contributed by atoms with van der Waals surface area (Å²) in [5.41, 5.74) is 2.13. The largest absolute Gasteiger partial charge is 0.497 e. The molecule has 0 unspecified atom stereocenters. The first-order valence-electron chi connectivity index (χ1n) is 6.57. The van der Waals surface area contributed by atoms with Crippen molar-refractivity contribution < 1.29 is 9.47 Å². The third-order valence-electron chi connectivity index (χ3n) is 3.65. The Labute approximate surface area is 112 Å². The molecule has 2 aromatic rings. The third-order valence-corrected chi connectivity index (χ3v) is 3.65. The van der Waals surface area contributed by atoms with E-state index in [4.69, 9.17) is 14.5 Å². The number of hydrogen-bond acceptors (Lipinski definition) is 4. The van der Waals surface area contributed by atoms with Crippen LogP contribution in [0.4, 0.5) is 0 Å². The highest BCUT2D eigenvalue weighted by Crippen LogP contribution is 2.21. The summed E-state index contributed by atoms with van der Waals surface area (Å²) in [5.74, 6) is 1.94. The predicted molar refractivity (Wildman–Crippen MR) is 73.4 cm³/mol. The molecule has 0 amide bonds. The zero-order chi connectivity index (χ0) is 13.2. The van der Waals surface area contributed by atoms with E-state index < -0.39 is 0 Å². The number of morpholine rings is 1. The molecule has 102 valence electrons. The maximum Gasteiger partial charge on any atom is 0.123 e. The van der Waals surface area contributed by atoms with Gasteiger partial charge in [-0.05, 0) is 12.1 Å². The maximum absolute atomic E-state index is 5.37. The summed E-state index contributed by atoms with van der Waals surface area (Å²) in [6.07, 6.45) is 0. The van der Waals surface area contributed by atoms with Gasteiger partial charge in [-0.25, -0.2) is 4.98 Å². The van der Waals surface area contributed by atoms with E-state index in [9.17, 15) is 0 Å². The van der Waals surface area contributed by atoms with Crippen LogP contribution in [-0.4, -0.2) is 47.9 Å². The topological polar surface area (TPSA) is 39.5 Å². The van der Waals surface area contributed by atoms with E-state index in [1.165, 1.54) is 0 Å². The second kappa shape index (κ2) is 5.19. The predicted octanol–water partition coefficient (Wildman–Crippen LogP) is 1.41. The Bertz CT molecular complexity index is 573. The number of fused-ring (bicyclic) bond motifs is 1. The van der Waals surface area contributed by atoms with Crippen molar-refractivity contribution in [3.05, 3.63) is 24.0 Å². The lowest BCUT2D eigenvalue weighted by Crippen LogP contribution is -2.36. The second-order valence-corrected chi connectivity index (χ2v) is 4.83. The van der Waals surface area contributed by atoms with Crippen LogP contribution in [0.5, 0.6) is 5.75 Å². The summed E-state index contributed by atoms with van der Waals surface area (Å²) in [7, 11) is 3.75. The molecule has 0 N–H and O–H groups in total. The molecule has 1 aromatic carbocycles. The van der Waals surface area contributed by atoms with E-state index in [1.807, 2.05) is 12.1 Å². The highest BCUT2D eigenvalue weighted by atomic mass is 16.5. The molecule has 0 spiro atoms. The van der Waals surface area contributed by atoms with Crippen LogP contribution < -0.4 is 4.74 Å². The Hall–Kier alpha value is -1.59. The van der Waals surface area contributed by atoms with Crippen LogP contribution in [-0.2, 0) is 18.3 Å². The molecule has 1 aliphatic heterocycles. The van der Waals surface area contributed by atoms with E-state index >= 15 is 0 Å². The Morgan fingerprint density at radius 3 is 2.84 bits per heavy atom. The summed E-state index contributed by atoms with van der Waals surface area (Å²) in [6.45, 7) is 4.46. The van der Waals surface area contributed by atoms with Gasteiger partial charge in [0, 0.05) is 26.2 Å². The fraction of sp³-hybridized carbons (Fsp3) is 0.500. The van der Waals surface area contributed by atoms with Crippen LogP contribution in [0.2, 0.25) is 0 Å². The smallest absolute Gasteiger partial charge is 0.123 e. The number of aromatic nitrogens is 2. The van der Waals surface area contributed by atoms with E-state index in [0.717, 1.165) is 55.5 Å². The molecule has 0 saturated carbocycles. The van der Waals surface area contributed by atoms with Crippen molar-refractivity contribution in [2.75, 3.05) is 33.4 Å². The lowest BCUT2D eigenvalue weighted by molar-refractivity contribution is 0.0328. The first kappa shape index (κ1) is 12.4. The van der Waals surface area contributed by atoms with Gasteiger partial charge in [0.05, 0.1) is 37.9 Å². The van der Waals surface area contributed by atoms with Gasteiger partial charge in [-0.1, -0.05) is 0 Å². The average molecular weight is 261 g/mol. The van der Waals surface area contributed by atoms with Crippen LogP contribution in [0.3, 0.4) is 0 Å². The Kier molecular flexibility index (Phi) is 3.40. The van der Waals surface area contributed by atoms with E-state index in [1.54, 1.807) is 7.11 Å². The number of methoxy groups -OCH3 is 1. The number of imidazole rings is 1. The summed E-state index contributed by atoms with van der Waals surface area (Å²) >= 11 is 0. The Morgan fingerprint density at radius 1 is 1.32 bits per heavy atom. The minimum absolute atomic E-state index is 0.817. The second-order valence-electron chi connectivity index (χ2n) is 4.83. The van der Waals surface area contributed by atoms with Crippen molar-refractivity contribution in [1.82, 2.24) is 14.5 Å². The molecule has 0 radical (unpaired) electrons. The van der Waals surface area contributed by atoms with Crippen molar-refractivity contribution in [2.24, 2.45) is 7.05 Å². The van der Waals surface area contributed by atoms with Crippen LogP contribution in [0.25, 0.3) is 11.0 Å². The minimum Gasteiger partial charge on any atom is -0.497 e. The number of hydrogen-bond donors (Lipinski definition) is 0. The summed E-state index contributed by atoms with van der Waals surface area (Å²) in [4.78, 5) is 7.09. The normalized spacial score (nSPS) is 16.9. The molecule has 1 aromatic heterocycles. The van der Waals surface area contributed by atoms with Gasteiger partial charge in [0.1, 0.15) is 11.6 Å². The zero-order valence-corrected chi connectivity index (χ0v) is 11.4. The monoisotopic (exact) mass is 261 g/mol. The lowest BCUT2D eigenvalue weighted by Gasteiger charge is -2.26. The first-order valence-corrected chi connectivity index (χ1v) is 6.57. The standard InChI is InChI=1S/C14H19N3O2/c1-16-13-4-3-11(18-2)9-12(13)15-14(16)10-17-5-7-19-8-6-17/h3-4,9H,5-8,10H2,1-2H3. The molecule has 1 fully saturated rings. The van der Waals surface area contributed by atoms with Gasteiger partial charge in [-0.2, -0.15) is 0 Å². The highest BCUT2D eigenvalue weighted by Gasteiger charge is 2.15. The lowest BCUT2D eigenvalue weighted by atomic mass is 10.3. The van der Waals surface area contributed by atoms with Crippen molar-refractivity contribution in [1.29, 1.82) is 0 Å². The zero-order valence-electron chi connectivity index (χ0n) is 11.4. The number of aryl methyl sites for hydroxylation is 1. The van der Waals surface area contributed by atoms with E-state index in [2.05, 4.69) is 22.6 Å². The summed E-state index contributed by atoms with van der Waals surface area (Å²) in [6, 6.07) is 6.02. The van der Waals surface area contributed by atoms with Gasteiger partial charge in [-0.3, -0.25) is 4.90 Å². The maximum atomic E-state index is 5.37. The molecule has 1 saturated heterocycles. The number of nitrogens with zero attached hydrogens (tertiary/aromatic N) is 3. The molecule has 3 rings (SSSR count). The van der Waals surface area contributed by atoms with Gasteiger partial charge in [0.2, 0.25) is 0 Å². The van der Waals surface area contributed by atoms with Crippen molar-refractivity contribution >= 4 is 11.0 Å². The Balaban J connectivity index is 1.88. The van der Waals surface area contributed by atoms with Crippen molar-refractivity contribution in [2.45, 2.75) is 6.54 Å². The van der Waals surface area contributed by atoms with Crippen LogP contribution in [0.15, 0.2) is 18.2 Å². The number of ether oxygens (including phenoxy) is 2. The molecule has 1 aliphatic rings. The van der Waals surface area contributed by atoms with Gasteiger partial charge in [0.15, 0.2) is 0 Å². The number of rotatable bonds is 3. The molecule has 0 aliphatic carbocycles. The molecule has 19 heavy (non-hydrogen) atoms. The van der Waals surface area contributed by atoms with E-state index in [0.29, 0.717) is 0 Å². The highest BCUT2D eigenvalue weighted by molar-refractivity contribution is 5.77. The van der Waals surface area contributed by atoms with Gasteiger partial charge in [0.25, 0.3) is 0 Å². The van der Waals surface area contributed by atoms with Crippen molar-refractivity contribution in [3.8, 4) is 5.75 Å². The fourth-order valence-electron chi connectivity index (χ4n) is 2.46. The summed E-state index contributed by atoms with van der Waals surface area (Å²) < 4.78 is 12.8. The third kappa shape index (κ3) is 2.43. The molecular formula is C14H19N3O2. The van der Waals surface area contributed by atoms with Gasteiger partial charge in [-0.15, -0.1) is 0 Å². The minimum atomic E-state index is 0.817. The van der Waals surface area contributed by atoms with Crippen LogP contribution in [0.1, 0.15) is 5.82 Å². The Morgan fingerprint density at radius 2 is 2.11 bits per heavy atom. The summed E-state index contributed by atoms with van der Waals surface area (Å²) in [5, 5.41) is 0. The molecular weight excluding hydrogens is 242 g/mol. The van der Waals surface area contributed by atoms with Crippen LogP contribution >= 0.6 is 0 Å². The molecule has 2 heterocycles. The SMILES string of the molecule is COc1ccc2c(c1)nc(CN1CCOCC1)n2C. The van der Waals surface area contributed by atoms with Gasteiger partial charge < -0.3 is 14.0 Å². The van der Waals surface area contributed by atoms with Crippen molar-refractivity contribution in [3.63, 3.8) is 0 Å². The van der Waals surface area contributed by atoms with Gasteiger partial charge >= 0.3 is 0 Å². The first-order chi connectivity index (χ1) is 9.28. The number of benzene rings is 1. The quantitative estimate of drug-likeness (QED) is 0.837. The van der Waals surface area contributed by atoms with E-state index in [-0.39, 0.29) is 0 Å². The molecule has 0 bridgehead atoms. The molecule has 5 nitrogen and oxygen atoms in total.